The number of hydrogen-bond acceptors (Lipinski definition) is 7. The zero-order chi connectivity index (χ0) is 21.3. The summed E-state index contributed by atoms with van der Waals surface area (Å²) in [5.74, 6) is -2.55. The Bertz CT molecular complexity index is 959. The maximum absolute atomic E-state index is 12.0. The number of imidazole rings is 1. The van der Waals surface area contributed by atoms with Crippen molar-refractivity contribution in [3.8, 4) is 0 Å². The predicted molar refractivity (Wildman–Crippen MR) is 110 cm³/mol. The van der Waals surface area contributed by atoms with Gasteiger partial charge in [0.15, 0.2) is 5.16 Å². The summed E-state index contributed by atoms with van der Waals surface area (Å²) in [6, 6.07) is 3.45. The second-order valence-electron chi connectivity index (χ2n) is 7.59. The van der Waals surface area contributed by atoms with Gasteiger partial charge in [-0.3, -0.25) is 9.88 Å². The molecule has 0 aromatic carbocycles. The smallest absolute Gasteiger partial charge is 0.333 e. The third kappa shape index (κ3) is 3.98. The first kappa shape index (κ1) is 20.6. The van der Waals surface area contributed by atoms with Gasteiger partial charge in [0.05, 0.1) is 16.0 Å². The van der Waals surface area contributed by atoms with Crippen molar-refractivity contribution >= 4 is 23.7 Å². The number of likely N-dealkylation sites (N-methyl/N-ethyl adjacent to an activating group) is 1. The summed E-state index contributed by atoms with van der Waals surface area (Å²) >= 11 is 1.28. The normalized spacial score (nSPS) is 22.8. The van der Waals surface area contributed by atoms with Crippen LogP contribution in [0.25, 0.3) is 0 Å². The molecule has 2 N–H and O–H groups in total. The summed E-state index contributed by atoms with van der Waals surface area (Å²) in [6.07, 6.45) is 5.90. The van der Waals surface area contributed by atoms with E-state index < -0.39 is 16.7 Å². The highest BCUT2D eigenvalue weighted by atomic mass is 32.2. The van der Waals surface area contributed by atoms with Crippen molar-refractivity contribution in [2.24, 2.45) is 0 Å². The van der Waals surface area contributed by atoms with Crippen LogP contribution in [-0.4, -0.2) is 79.7 Å². The number of carboxylic acids is 2. The molecule has 2 aromatic rings. The molecule has 0 spiro atoms. The molecule has 0 aliphatic carbocycles. The maximum Gasteiger partial charge on any atom is 0.333 e. The third-order valence-electron chi connectivity index (χ3n) is 5.51. The Kier molecular flexibility index (Phi) is 5.63. The van der Waals surface area contributed by atoms with Crippen LogP contribution in [0.4, 0.5) is 0 Å². The fourth-order valence-corrected chi connectivity index (χ4v) is 5.35. The molecule has 0 radical (unpaired) electrons. The maximum atomic E-state index is 12.0. The molecule has 2 aliphatic heterocycles. The number of fused-ring (bicyclic) bond motifs is 1. The molecular weight excluding hydrogens is 406 g/mol. The van der Waals surface area contributed by atoms with Crippen LogP contribution in [0.5, 0.6) is 0 Å². The lowest BCUT2D eigenvalue weighted by Crippen LogP contribution is -2.43. The van der Waals surface area contributed by atoms with Gasteiger partial charge in [0, 0.05) is 63.9 Å². The van der Waals surface area contributed by atoms with E-state index in [1.165, 1.54) is 11.8 Å². The molecule has 158 valence electrons. The van der Waals surface area contributed by atoms with Gasteiger partial charge < -0.3 is 19.7 Å². The van der Waals surface area contributed by atoms with E-state index in [2.05, 4.69) is 21.8 Å². The van der Waals surface area contributed by atoms with E-state index in [-0.39, 0.29) is 12.1 Å². The molecule has 0 bridgehead atoms. The molecule has 4 heterocycles. The van der Waals surface area contributed by atoms with Crippen molar-refractivity contribution in [2.75, 3.05) is 33.2 Å². The molecule has 2 aromatic heterocycles. The average molecular weight is 430 g/mol. The van der Waals surface area contributed by atoms with E-state index in [1.807, 2.05) is 10.8 Å². The molecule has 1 saturated heterocycles. The molecular formula is C20H23N5O4S. The molecule has 10 heteroatoms. The number of carbonyl (C=O) groups is 2. The minimum absolute atomic E-state index is 0.183. The van der Waals surface area contributed by atoms with Gasteiger partial charge in [0.2, 0.25) is 0 Å². The third-order valence-corrected chi connectivity index (χ3v) is 6.95. The van der Waals surface area contributed by atoms with Crippen LogP contribution in [0, 0.1) is 0 Å². The highest BCUT2D eigenvalue weighted by Crippen LogP contribution is 2.52. The van der Waals surface area contributed by atoms with Crippen LogP contribution >= 0.6 is 11.8 Å². The molecule has 1 atom stereocenters. The number of nitrogens with zero attached hydrogens (tertiary/aromatic N) is 5. The van der Waals surface area contributed by atoms with Crippen LogP contribution in [0.15, 0.2) is 47.5 Å². The minimum Gasteiger partial charge on any atom is -0.478 e. The largest absolute Gasteiger partial charge is 0.478 e. The lowest BCUT2D eigenvalue weighted by Gasteiger charge is -2.32. The van der Waals surface area contributed by atoms with Crippen LogP contribution in [-0.2, 0) is 27.4 Å². The highest BCUT2D eigenvalue weighted by Gasteiger charge is 2.47. The highest BCUT2D eigenvalue weighted by molar-refractivity contribution is 8.00. The molecule has 0 amide bonds. The minimum atomic E-state index is -1.29. The number of aliphatic carboxylic acids is 2. The summed E-state index contributed by atoms with van der Waals surface area (Å²) in [4.78, 5) is 36.8. The number of piperazine rings is 1. The monoisotopic (exact) mass is 429 g/mol. The first-order chi connectivity index (χ1) is 14.4. The summed E-state index contributed by atoms with van der Waals surface area (Å²) in [6.45, 7) is 5.05. The fourth-order valence-electron chi connectivity index (χ4n) is 3.93. The van der Waals surface area contributed by atoms with Gasteiger partial charge in [-0.2, -0.15) is 0 Å². The van der Waals surface area contributed by atoms with Gasteiger partial charge >= 0.3 is 11.9 Å². The average Bonchev–Trinajstić information content (AvgIpc) is 3.24. The molecule has 2 aliphatic rings. The molecule has 9 nitrogen and oxygen atoms in total. The quantitative estimate of drug-likeness (QED) is 0.653. The molecule has 4 rings (SSSR count). The van der Waals surface area contributed by atoms with E-state index in [4.69, 9.17) is 4.98 Å². The number of rotatable bonds is 6. The van der Waals surface area contributed by atoms with E-state index in [9.17, 15) is 19.8 Å². The van der Waals surface area contributed by atoms with Gasteiger partial charge in [-0.15, -0.1) is 0 Å². The van der Waals surface area contributed by atoms with Gasteiger partial charge in [-0.1, -0.05) is 11.8 Å². The number of aromatic nitrogens is 3. The topological polar surface area (TPSA) is 112 Å². The van der Waals surface area contributed by atoms with Crippen molar-refractivity contribution < 1.29 is 19.8 Å². The van der Waals surface area contributed by atoms with E-state index >= 15 is 0 Å². The Morgan fingerprint density at radius 3 is 2.50 bits per heavy atom. The first-order valence-corrected chi connectivity index (χ1v) is 10.4. The Morgan fingerprint density at radius 2 is 1.90 bits per heavy atom. The van der Waals surface area contributed by atoms with Crippen molar-refractivity contribution in [1.29, 1.82) is 0 Å². The lowest BCUT2D eigenvalue weighted by molar-refractivity contribution is -0.135. The van der Waals surface area contributed by atoms with Gasteiger partial charge in [0.1, 0.15) is 0 Å². The number of pyridine rings is 1. The molecule has 1 fully saturated rings. The molecule has 0 saturated carbocycles. The van der Waals surface area contributed by atoms with Crippen LogP contribution in [0.1, 0.15) is 11.3 Å². The molecule has 1 unspecified atom stereocenters. The number of carboxylic acid groups (broad SMARTS) is 2. The van der Waals surface area contributed by atoms with E-state index in [0.717, 1.165) is 44.5 Å². The zero-order valence-electron chi connectivity index (χ0n) is 16.6. The first-order valence-electron chi connectivity index (χ1n) is 9.62. The van der Waals surface area contributed by atoms with Gasteiger partial charge in [-0.05, 0) is 24.7 Å². The van der Waals surface area contributed by atoms with Crippen molar-refractivity contribution in [2.45, 2.75) is 23.0 Å². The summed E-state index contributed by atoms with van der Waals surface area (Å²) in [7, 11) is 2.11. The predicted octanol–water partition coefficient (Wildman–Crippen LogP) is 1.12. The van der Waals surface area contributed by atoms with Crippen molar-refractivity contribution in [1.82, 2.24) is 24.3 Å². The van der Waals surface area contributed by atoms with Gasteiger partial charge in [0.25, 0.3) is 0 Å². The second-order valence-corrected chi connectivity index (χ2v) is 8.85. The second kappa shape index (κ2) is 8.21. The Hall–Kier alpha value is -2.69. The van der Waals surface area contributed by atoms with Gasteiger partial charge in [-0.25, -0.2) is 14.6 Å². The van der Waals surface area contributed by atoms with Crippen molar-refractivity contribution in [3.63, 3.8) is 0 Å². The summed E-state index contributed by atoms with van der Waals surface area (Å²) < 4.78 is 0.844. The SMILES string of the molecule is CN1CCN(Cc2cn3c(n2)SC(/C(=C/C(=O)O)C(=O)O)(c2ccncc2)C3)CC1. The lowest BCUT2D eigenvalue weighted by atomic mass is 9.90. The zero-order valence-corrected chi connectivity index (χ0v) is 17.4. The Balaban J connectivity index is 1.63. The van der Waals surface area contributed by atoms with E-state index in [1.54, 1.807) is 24.5 Å². The Labute approximate surface area is 178 Å². The number of thioether (sulfide) groups is 1. The van der Waals surface area contributed by atoms with Crippen LogP contribution < -0.4 is 0 Å². The van der Waals surface area contributed by atoms with Crippen LogP contribution in [0.3, 0.4) is 0 Å². The summed E-state index contributed by atoms with van der Waals surface area (Å²) in [5, 5.41) is 19.8. The molecule has 30 heavy (non-hydrogen) atoms. The Morgan fingerprint density at radius 1 is 1.20 bits per heavy atom. The van der Waals surface area contributed by atoms with E-state index in [0.29, 0.717) is 10.7 Å². The van der Waals surface area contributed by atoms with Crippen molar-refractivity contribution in [3.05, 3.63) is 53.6 Å². The summed E-state index contributed by atoms with van der Waals surface area (Å²) in [5.41, 5.74) is 1.44. The number of hydrogen-bond donors (Lipinski definition) is 2. The van der Waals surface area contributed by atoms with Crippen LogP contribution in [0.2, 0.25) is 0 Å². The fraction of sp³-hybridized carbons (Fsp3) is 0.400. The standard InChI is InChI=1S/C20H23N5O4S/c1-23-6-8-24(9-7-23)11-15-12-25-13-20(30-19(25)22-15,14-2-4-21-5-3-14)16(18(28)29)10-17(26)27/h2-5,10,12H,6-9,11,13H2,1H3,(H,26,27)(H,28,29)/b16-10+.